The fraction of sp³-hybridized carbons (Fsp3) is 0.120. The number of rotatable bonds is 6. The van der Waals surface area contributed by atoms with Crippen LogP contribution >= 0.6 is 0 Å². The average Bonchev–Trinajstić information content (AvgIpc) is 2.73. The fourth-order valence-electron chi connectivity index (χ4n) is 2.95. The smallest absolute Gasteiger partial charge is 0.266 e. The molecule has 0 spiro atoms. The third-order valence-electron chi connectivity index (χ3n) is 4.46. The number of benzene rings is 3. The Labute approximate surface area is 175 Å². The molecule has 0 aliphatic heterocycles. The molecule has 0 bridgehead atoms. The molecule has 0 aliphatic rings. The van der Waals surface area contributed by atoms with Crippen LogP contribution in [0.3, 0.4) is 0 Å². The number of nitrogens with one attached hydrogen (secondary N) is 1. The van der Waals surface area contributed by atoms with E-state index in [0.29, 0.717) is 22.6 Å². The van der Waals surface area contributed by atoms with Crippen LogP contribution in [-0.2, 0) is 11.4 Å². The lowest BCUT2D eigenvalue weighted by Gasteiger charge is -2.09. The number of hydrogen-bond acceptors (Lipinski definition) is 3. The van der Waals surface area contributed by atoms with Crippen molar-refractivity contribution in [2.75, 3.05) is 5.32 Å². The summed E-state index contributed by atoms with van der Waals surface area (Å²) in [5, 5.41) is 12.2. The van der Waals surface area contributed by atoms with Gasteiger partial charge >= 0.3 is 0 Å². The second-order valence-electron chi connectivity index (χ2n) is 6.93. The van der Waals surface area contributed by atoms with Gasteiger partial charge in [-0.15, -0.1) is 0 Å². The summed E-state index contributed by atoms with van der Waals surface area (Å²) in [6.07, 6.45) is 1.51. The number of carbonyl (C=O) groups excluding carboxylic acids is 1. The van der Waals surface area contributed by atoms with Crippen molar-refractivity contribution in [1.82, 2.24) is 0 Å². The van der Waals surface area contributed by atoms with Crippen LogP contribution in [0.4, 0.5) is 10.1 Å². The van der Waals surface area contributed by atoms with Gasteiger partial charge in [-0.05, 0) is 66.9 Å². The van der Waals surface area contributed by atoms with E-state index in [9.17, 15) is 14.4 Å². The van der Waals surface area contributed by atoms with Gasteiger partial charge < -0.3 is 10.1 Å². The molecular weight excluding hydrogens is 379 g/mol. The van der Waals surface area contributed by atoms with E-state index in [2.05, 4.69) is 5.32 Å². The van der Waals surface area contributed by atoms with E-state index >= 15 is 0 Å². The van der Waals surface area contributed by atoms with Crippen molar-refractivity contribution in [3.05, 3.63) is 100 Å². The fourth-order valence-corrected chi connectivity index (χ4v) is 2.95. The minimum absolute atomic E-state index is 0.0164. The zero-order valence-electron chi connectivity index (χ0n) is 16.8. The van der Waals surface area contributed by atoms with Crippen LogP contribution in [0, 0.1) is 31.0 Å². The molecule has 1 N–H and O–H groups in total. The number of nitrogens with zero attached hydrogens (tertiary/aromatic N) is 1. The Morgan fingerprint density at radius 1 is 1.10 bits per heavy atom. The lowest BCUT2D eigenvalue weighted by Crippen LogP contribution is -2.14. The Balaban J connectivity index is 1.73. The normalized spacial score (nSPS) is 10.9. The van der Waals surface area contributed by atoms with Crippen molar-refractivity contribution < 1.29 is 13.9 Å². The number of carbonyl (C=O) groups is 1. The summed E-state index contributed by atoms with van der Waals surface area (Å²) in [5.41, 5.74) is 4.03. The van der Waals surface area contributed by atoms with Crippen molar-refractivity contribution in [2.24, 2.45) is 0 Å². The summed E-state index contributed by atoms with van der Waals surface area (Å²) >= 11 is 0. The predicted molar refractivity (Wildman–Crippen MR) is 115 cm³/mol. The highest BCUT2D eigenvalue weighted by atomic mass is 19.1. The highest BCUT2D eigenvalue weighted by Gasteiger charge is 2.11. The number of nitriles is 1. The Morgan fingerprint density at radius 2 is 1.90 bits per heavy atom. The predicted octanol–water partition coefficient (Wildman–Crippen LogP) is 5.57. The third-order valence-corrected chi connectivity index (χ3v) is 4.46. The number of amides is 1. The van der Waals surface area contributed by atoms with E-state index in [0.717, 1.165) is 11.1 Å². The molecule has 3 aromatic rings. The van der Waals surface area contributed by atoms with Crippen LogP contribution in [0.2, 0.25) is 0 Å². The monoisotopic (exact) mass is 400 g/mol. The van der Waals surface area contributed by atoms with Crippen LogP contribution in [-0.4, -0.2) is 5.91 Å². The zero-order valence-corrected chi connectivity index (χ0v) is 16.8. The molecular formula is C25H21FN2O2. The number of ether oxygens (including phenoxy) is 1. The van der Waals surface area contributed by atoms with Crippen molar-refractivity contribution in [3.63, 3.8) is 0 Å². The van der Waals surface area contributed by atoms with Crippen molar-refractivity contribution >= 4 is 17.7 Å². The summed E-state index contributed by atoms with van der Waals surface area (Å²) in [6, 6.07) is 20.9. The molecule has 30 heavy (non-hydrogen) atoms. The van der Waals surface area contributed by atoms with E-state index in [1.54, 1.807) is 36.4 Å². The maximum Gasteiger partial charge on any atom is 0.266 e. The second kappa shape index (κ2) is 9.53. The summed E-state index contributed by atoms with van der Waals surface area (Å²) in [7, 11) is 0. The molecule has 4 nitrogen and oxygen atoms in total. The molecule has 5 heteroatoms. The highest BCUT2D eigenvalue weighted by molar-refractivity contribution is 6.10. The van der Waals surface area contributed by atoms with Gasteiger partial charge in [0, 0.05) is 5.69 Å². The number of hydrogen-bond donors (Lipinski definition) is 1. The summed E-state index contributed by atoms with van der Waals surface area (Å²) in [5.74, 6) is -0.239. The Morgan fingerprint density at radius 3 is 2.63 bits per heavy atom. The van der Waals surface area contributed by atoms with Crippen LogP contribution in [0.15, 0.2) is 72.3 Å². The molecule has 0 unspecified atom stereocenters. The van der Waals surface area contributed by atoms with Gasteiger partial charge in [0.15, 0.2) is 0 Å². The second-order valence-corrected chi connectivity index (χ2v) is 6.93. The highest BCUT2D eigenvalue weighted by Crippen LogP contribution is 2.20. The standard InChI is InChI=1S/C25H21FN2O2/c1-17-9-10-24(18(2)11-17)28-25(29)21(15-27)12-19-5-4-8-23(14-19)30-16-20-6-3-7-22(26)13-20/h3-14H,16H2,1-2H3,(H,28,29)/b21-12-. The first-order chi connectivity index (χ1) is 14.4. The number of anilines is 1. The molecule has 150 valence electrons. The third kappa shape index (κ3) is 5.55. The SMILES string of the molecule is Cc1ccc(NC(=O)/C(C#N)=C\c2cccc(OCc3cccc(F)c3)c2)c(C)c1. The summed E-state index contributed by atoms with van der Waals surface area (Å²) < 4.78 is 19.0. The number of aryl methyl sites for hydroxylation is 2. The van der Waals surface area contributed by atoms with Gasteiger partial charge in [0.1, 0.15) is 29.8 Å². The lowest BCUT2D eigenvalue weighted by atomic mass is 10.1. The molecule has 3 rings (SSSR count). The molecule has 0 aliphatic carbocycles. The Kier molecular flexibility index (Phi) is 6.61. The average molecular weight is 400 g/mol. The topological polar surface area (TPSA) is 62.1 Å². The zero-order chi connectivity index (χ0) is 21.5. The maximum atomic E-state index is 13.3. The molecule has 0 heterocycles. The van der Waals surface area contributed by atoms with E-state index < -0.39 is 5.91 Å². The van der Waals surface area contributed by atoms with Gasteiger partial charge in [-0.2, -0.15) is 5.26 Å². The molecule has 0 fully saturated rings. The van der Waals surface area contributed by atoms with E-state index in [1.807, 2.05) is 38.1 Å². The van der Waals surface area contributed by atoms with E-state index in [1.165, 1.54) is 18.2 Å². The van der Waals surface area contributed by atoms with Crippen molar-refractivity contribution in [3.8, 4) is 11.8 Å². The maximum absolute atomic E-state index is 13.3. The summed E-state index contributed by atoms with van der Waals surface area (Å²) in [6.45, 7) is 4.09. The first kappa shape index (κ1) is 20.8. The van der Waals surface area contributed by atoms with Gasteiger partial charge in [0.2, 0.25) is 0 Å². The van der Waals surface area contributed by atoms with Gasteiger partial charge in [-0.3, -0.25) is 4.79 Å². The van der Waals surface area contributed by atoms with Crippen LogP contribution in [0.1, 0.15) is 22.3 Å². The lowest BCUT2D eigenvalue weighted by molar-refractivity contribution is -0.112. The van der Waals surface area contributed by atoms with Crippen LogP contribution in [0.25, 0.3) is 6.08 Å². The molecule has 0 radical (unpaired) electrons. The molecule has 3 aromatic carbocycles. The minimum atomic E-state index is -0.476. The van der Waals surface area contributed by atoms with Gasteiger partial charge in [-0.1, -0.05) is 42.0 Å². The first-order valence-corrected chi connectivity index (χ1v) is 9.42. The molecule has 0 aromatic heterocycles. The van der Waals surface area contributed by atoms with Crippen molar-refractivity contribution in [1.29, 1.82) is 5.26 Å². The molecule has 0 saturated heterocycles. The Hall–Kier alpha value is -3.91. The van der Waals surface area contributed by atoms with Crippen molar-refractivity contribution in [2.45, 2.75) is 20.5 Å². The minimum Gasteiger partial charge on any atom is -0.489 e. The van der Waals surface area contributed by atoms with E-state index in [4.69, 9.17) is 4.74 Å². The number of halogens is 1. The quantitative estimate of drug-likeness (QED) is 0.435. The van der Waals surface area contributed by atoms with E-state index in [-0.39, 0.29) is 18.0 Å². The summed E-state index contributed by atoms with van der Waals surface area (Å²) in [4.78, 5) is 12.5. The Bertz CT molecular complexity index is 1150. The molecule has 0 atom stereocenters. The first-order valence-electron chi connectivity index (χ1n) is 9.42. The largest absolute Gasteiger partial charge is 0.489 e. The van der Waals surface area contributed by atoms with Crippen LogP contribution in [0.5, 0.6) is 5.75 Å². The van der Waals surface area contributed by atoms with Gasteiger partial charge in [0.05, 0.1) is 0 Å². The molecule has 0 saturated carbocycles. The molecule has 1 amide bonds. The van der Waals surface area contributed by atoms with Gasteiger partial charge in [-0.25, -0.2) is 4.39 Å². The van der Waals surface area contributed by atoms with Crippen LogP contribution < -0.4 is 10.1 Å². The van der Waals surface area contributed by atoms with Gasteiger partial charge in [0.25, 0.3) is 5.91 Å².